The van der Waals surface area contributed by atoms with Crippen molar-refractivity contribution in [2.24, 2.45) is 5.92 Å². The molecule has 1 atom stereocenters. The van der Waals surface area contributed by atoms with Gasteiger partial charge in [-0.3, -0.25) is 9.59 Å². The molecule has 1 aromatic carbocycles. The van der Waals surface area contributed by atoms with Gasteiger partial charge in [-0.25, -0.2) is 4.98 Å². The minimum atomic E-state index is -0.0835. The average Bonchev–Trinajstić information content (AvgIpc) is 3.03. The number of amides is 2. The van der Waals surface area contributed by atoms with Crippen molar-refractivity contribution < 1.29 is 9.59 Å². The summed E-state index contributed by atoms with van der Waals surface area (Å²) in [5, 5.41) is 5.96. The van der Waals surface area contributed by atoms with E-state index in [9.17, 15) is 9.59 Å². The van der Waals surface area contributed by atoms with Crippen LogP contribution in [0.4, 0.5) is 11.4 Å². The molecule has 28 heavy (non-hydrogen) atoms. The summed E-state index contributed by atoms with van der Waals surface area (Å²) >= 11 is 0. The number of aromatic nitrogens is 2. The summed E-state index contributed by atoms with van der Waals surface area (Å²) in [4.78, 5) is 31.2. The van der Waals surface area contributed by atoms with Gasteiger partial charge in [-0.2, -0.15) is 0 Å². The van der Waals surface area contributed by atoms with Gasteiger partial charge in [-0.1, -0.05) is 6.07 Å². The van der Waals surface area contributed by atoms with E-state index in [-0.39, 0.29) is 17.7 Å². The lowest BCUT2D eigenvalue weighted by Crippen LogP contribution is -2.31. The zero-order valence-corrected chi connectivity index (χ0v) is 17.1. The quantitative estimate of drug-likeness (QED) is 0.804. The molecule has 2 N–H and O–H groups in total. The normalized spacial score (nSPS) is 16.0. The van der Waals surface area contributed by atoms with Crippen LogP contribution in [0, 0.1) is 19.8 Å². The molecule has 0 bridgehead atoms. The van der Waals surface area contributed by atoms with E-state index in [4.69, 9.17) is 0 Å². The van der Waals surface area contributed by atoms with Crippen molar-refractivity contribution in [3.8, 4) is 0 Å². The molecule has 1 aliphatic rings. The standard InChI is InChI=1S/C21H29N5O2/c1-14-5-7-17(11-19(14)24-20(27)9-10-25(3)4)23-21(28)16-6-8-18-12-22-15(2)26(18)13-16/h5,7,11-12,16H,6,8-10,13H2,1-4H3,(H,23,28)(H,24,27). The highest BCUT2D eigenvalue weighted by Gasteiger charge is 2.26. The number of fused-ring (bicyclic) bond motifs is 1. The Kier molecular flexibility index (Phi) is 6.14. The Hall–Kier alpha value is -2.67. The van der Waals surface area contributed by atoms with E-state index in [1.165, 1.54) is 5.69 Å². The third-order valence-electron chi connectivity index (χ3n) is 5.23. The van der Waals surface area contributed by atoms with Crippen molar-refractivity contribution >= 4 is 23.2 Å². The largest absolute Gasteiger partial charge is 0.331 e. The van der Waals surface area contributed by atoms with Crippen LogP contribution in [0.15, 0.2) is 24.4 Å². The molecule has 2 amide bonds. The van der Waals surface area contributed by atoms with E-state index in [1.54, 1.807) is 0 Å². The first kappa shape index (κ1) is 20.1. The molecule has 0 radical (unpaired) electrons. The number of hydrogen-bond acceptors (Lipinski definition) is 4. The molecule has 7 heteroatoms. The van der Waals surface area contributed by atoms with Gasteiger partial charge in [0.15, 0.2) is 0 Å². The second-order valence-corrected chi connectivity index (χ2v) is 7.76. The number of carbonyl (C=O) groups excluding carboxylic acids is 2. The lowest BCUT2D eigenvalue weighted by atomic mass is 9.97. The lowest BCUT2D eigenvalue weighted by molar-refractivity contribution is -0.120. The highest BCUT2D eigenvalue weighted by atomic mass is 16.2. The Balaban J connectivity index is 1.63. The first-order chi connectivity index (χ1) is 13.3. The summed E-state index contributed by atoms with van der Waals surface area (Å²) < 4.78 is 2.12. The van der Waals surface area contributed by atoms with Crippen LogP contribution in [-0.2, 0) is 22.6 Å². The second-order valence-electron chi connectivity index (χ2n) is 7.76. The first-order valence-electron chi connectivity index (χ1n) is 9.70. The van der Waals surface area contributed by atoms with Crippen LogP contribution >= 0.6 is 0 Å². The fourth-order valence-electron chi connectivity index (χ4n) is 3.43. The van der Waals surface area contributed by atoms with Gasteiger partial charge in [0.25, 0.3) is 0 Å². The monoisotopic (exact) mass is 383 g/mol. The molecule has 0 aliphatic carbocycles. The molecule has 7 nitrogen and oxygen atoms in total. The molecule has 1 aliphatic heterocycles. The van der Waals surface area contributed by atoms with E-state index in [2.05, 4.69) is 20.2 Å². The number of anilines is 2. The van der Waals surface area contributed by atoms with Gasteiger partial charge in [0.05, 0.1) is 5.92 Å². The highest BCUT2D eigenvalue weighted by molar-refractivity contribution is 5.95. The van der Waals surface area contributed by atoms with Crippen LogP contribution < -0.4 is 10.6 Å². The highest BCUT2D eigenvalue weighted by Crippen LogP contribution is 2.25. The topological polar surface area (TPSA) is 79.3 Å². The van der Waals surface area contributed by atoms with Gasteiger partial charge in [0.2, 0.25) is 11.8 Å². The number of nitrogens with zero attached hydrogens (tertiary/aromatic N) is 3. The molecule has 0 saturated carbocycles. The Bertz CT molecular complexity index is 872. The number of rotatable bonds is 6. The summed E-state index contributed by atoms with van der Waals surface area (Å²) in [5.41, 5.74) is 3.59. The lowest BCUT2D eigenvalue weighted by Gasteiger charge is -2.24. The van der Waals surface area contributed by atoms with Gasteiger partial charge in [-0.15, -0.1) is 0 Å². The molecule has 0 saturated heterocycles. The number of nitrogens with one attached hydrogen (secondary N) is 2. The van der Waals surface area contributed by atoms with E-state index in [0.29, 0.717) is 25.2 Å². The molecular formula is C21H29N5O2. The maximum absolute atomic E-state index is 12.8. The molecule has 1 aromatic heterocycles. The van der Waals surface area contributed by atoms with Crippen molar-refractivity contribution in [2.45, 2.75) is 39.7 Å². The van der Waals surface area contributed by atoms with Crippen molar-refractivity contribution in [3.05, 3.63) is 41.5 Å². The van der Waals surface area contributed by atoms with Crippen molar-refractivity contribution in [1.82, 2.24) is 14.5 Å². The van der Waals surface area contributed by atoms with Gasteiger partial charge < -0.3 is 20.1 Å². The molecule has 2 aromatic rings. The Labute approximate surface area is 166 Å². The summed E-state index contributed by atoms with van der Waals surface area (Å²) in [5.74, 6) is 0.841. The van der Waals surface area contributed by atoms with Crippen LogP contribution in [0.5, 0.6) is 0 Å². The third-order valence-corrected chi connectivity index (χ3v) is 5.23. The van der Waals surface area contributed by atoms with Crippen LogP contribution in [0.25, 0.3) is 0 Å². The van der Waals surface area contributed by atoms with E-state index < -0.39 is 0 Å². The first-order valence-corrected chi connectivity index (χ1v) is 9.70. The van der Waals surface area contributed by atoms with Gasteiger partial charge >= 0.3 is 0 Å². The minimum absolute atomic E-state index is 0.00693. The minimum Gasteiger partial charge on any atom is -0.331 e. The van der Waals surface area contributed by atoms with E-state index in [0.717, 1.165) is 29.9 Å². The van der Waals surface area contributed by atoms with Crippen molar-refractivity contribution in [1.29, 1.82) is 0 Å². The molecular weight excluding hydrogens is 354 g/mol. The maximum Gasteiger partial charge on any atom is 0.229 e. The summed E-state index contributed by atoms with van der Waals surface area (Å²) in [6.45, 7) is 5.26. The second kappa shape index (κ2) is 8.56. The Morgan fingerprint density at radius 1 is 1.25 bits per heavy atom. The maximum atomic E-state index is 12.8. The van der Waals surface area contributed by atoms with E-state index in [1.807, 2.05) is 57.2 Å². The smallest absolute Gasteiger partial charge is 0.229 e. The zero-order chi connectivity index (χ0) is 20.3. The SMILES string of the molecule is Cc1ccc(NC(=O)C2CCc3cnc(C)n3C2)cc1NC(=O)CCN(C)C. The predicted octanol–water partition coefficient (Wildman–Crippen LogP) is 2.59. The average molecular weight is 383 g/mol. The molecule has 0 spiro atoms. The summed E-state index contributed by atoms with van der Waals surface area (Å²) in [6.07, 6.45) is 4.00. The predicted molar refractivity (Wildman–Crippen MR) is 110 cm³/mol. The molecule has 1 unspecified atom stereocenters. The summed E-state index contributed by atoms with van der Waals surface area (Å²) in [7, 11) is 3.88. The van der Waals surface area contributed by atoms with Crippen LogP contribution in [0.1, 0.15) is 29.9 Å². The van der Waals surface area contributed by atoms with Crippen LogP contribution in [0.3, 0.4) is 0 Å². The Morgan fingerprint density at radius 3 is 2.79 bits per heavy atom. The van der Waals surface area contributed by atoms with Crippen LogP contribution in [-0.4, -0.2) is 46.9 Å². The molecule has 3 rings (SSSR count). The number of imidazole rings is 1. The van der Waals surface area contributed by atoms with Gasteiger partial charge in [0, 0.05) is 42.8 Å². The van der Waals surface area contributed by atoms with Gasteiger partial charge in [-0.05, 0) is 58.5 Å². The van der Waals surface area contributed by atoms with Crippen molar-refractivity contribution in [2.75, 3.05) is 31.3 Å². The third kappa shape index (κ3) is 4.78. The molecule has 2 heterocycles. The Morgan fingerprint density at radius 2 is 2.04 bits per heavy atom. The van der Waals surface area contributed by atoms with Gasteiger partial charge in [0.1, 0.15) is 5.82 Å². The van der Waals surface area contributed by atoms with Crippen LogP contribution in [0.2, 0.25) is 0 Å². The number of benzene rings is 1. The van der Waals surface area contributed by atoms with Crippen molar-refractivity contribution in [3.63, 3.8) is 0 Å². The zero-order valence-electron chi connectivity index (χ0n) is 17.1. The van der Waals surface area contributed by atoms with E-state index >= 15 is 0 Å². The number of hydrogen-bond donors (Lipinski definition) is 2. The molecule has 0 fully saturated rings. The number of carbonyl (C=O) groups is 2. The molecule has 150 valence electrons. The fourth-order valence-corrected chi connectivity index (χ4v) is 3.43. The fraction of sp³-hybridized carbons (Fsp3) is 0.476. The number of aryl methyl sites for hydroxylation is 3. The summed E-state index contributed by atoms with van der Waals surface area (Å²) in [6, 6.07) is 5.62.